The highest BCUT2D eigenvalue weighted by Crippen LogP contribution is 2.34. The van der Waals surface area contributed by atoms with Gasteiger partial charge in [0.25, 0.3) is 0 Å². The minimum atomic E-state index is -4.47. The van der Waals surface area contributed by atoms with Crippen molar-refractivity contribution < 1.29 is 17.9 Å². The lowest BCUT2D eigenvalue weighted by Gasteiger charge is -2.22. The molecule has 0 saturated carbocycles. The summed E-state index contributed by atoms with van der Waals surface area (Å²) in [6.45, 7) is 2.12. The maximum absolute atomic E-state index is 12.5. The molecule has 1 aromatic heterocycles. The topological polar surface area (TPSA) is 34.1 Å². The number of alkyl halides is 3. The second-order valence-electron chi connectivity index (χ2n) is 4.47. The summed E-state index contributed by atoms with van der Waals surface area (Å²) >= 11 is 5.54. The zero-order valence-corrected chi connectivity index (χ0v) is 10.9. The molecule has 19 heavy (non-hydrogen) atoms. The summed E-state index contributed by atoms with van der Waals surface area (Å²) in [6.07, 6.45) is -2.58. The average molecular weight is 295 g/mol. The lowest BCUT2D eigenvalue weighted by molar-refractivity contribution is -0.137. The van der Waals surface area contributed by atoms with Crippen molar-refractivity contribution in [2.24, 2.45) is 5.92 Å². The molecule has 106 valence electrons. The van der Waals surface area contributed by atoms with E-state index in [9.17, 15) is 13.2 Å². The molecule has 0 spiro atoms. The monoisotopic (exact) mass is 294 g/mol. The molecule has 1 fully saturated rings. The predicted octanol–water partition coefficient (Wildman–Crippen LogP) is 3.59. The van der Waals surface area contributed by atoms with Gasteiger partial charge >= 0.3 is 6.18 Å². The molecule has 0 amide bonds. The van der Waals surface area contributed by atoms with Crippen LogP contribution in [0.1, 0.15) is 18.4 Å². The fraction of sp³-hybridized carbons (Fsp3) is 0.583. The zero-order valence-electron chi connectivity index (χ0n) is 10.1. The molecule has 0 aliphatic carbocycles. The van der Waals surface area contributed by atoms with Crippen molar-refractivity contribution in [3.63, 3.8) is 0 Å². The normalized spacial score (nSPS) is 17.5. The number of halogens is 4. The number of nitrogens with zero attached hydrogens (tertiary/aromatic N) is 1. The van der Waals surface area contributed by atoms with E-state index in [1.807, 2.05) is 0 Å². The third kappa shape index (κ3) is 3.98. The van der Waals surface area contributed by atoms with E-state index in [-0.39, 0.29) is 0 Å². The van der Waals surface area contributed by atoms with Crippen LogP contribution in [0.25, 0.3) is 0 Å². The lowest BCUT2D eigenvalue weighted by Crippen LogP contribution is -2.23. The van der Waals surface area contributed by atoms with Crippen molar-refractivity contribution in [2.45, 2.75) is 19.0 Å². The molecule has 2 rings (SSSR count). The predicted molar refractivity (Wildman–Crippen MR) is 66.3 cm³/mol. The number of rotatable bonds is 3. The van der Waals surface area contributed by atoms with E-state index in [4.69, 9.17) is 16.3 Å². The first-order valence-corrected chi connectivity index (χ1v) is 6.40. The second kappa shape index (κ2) is 5.96. The SMILES string of the molecule is FC(F)(F)c1ccc(NCC2CCOCC2)nc1Cl. The number of hydrogen-bond donors (Lipinski definition) is 1. The van der Waals surface area contributed by atoms with Gasteiger partial charge in [0.1, 0.15) is 11.0 Å². The Balaban J connectivity index is 1.96. The van der Waals surface area contributed by atoms with Gasteiger partial charge in [0, 0.05) is 19.8 Å². The fourth-order valence-electron chi connectivity index (χ4n) is 1.94. The molecule has 0 radical (unpaired) electrons. The van der Waals surface area contributed by atoms with Gasteiger partial charge in [-0.2, -0.15) is 13.2 Å². The number of hydrogen-bond acceptors (Lipinski definition) is 3. The summed E-state index contributed by atoms with van der Waals surface area (Å²) in [6, 6.07) is 2.25. The van der Waals surface area contributed by atoms with Crippen molar-refractivity contribution in [3.8, 4) is 0 Å². The van der Waals surface area contributed by atoms with Gasteiger partial charge in [-0.3, -0.25) is 0 Å². The lowest BCUT2D eigenvalue weighted by atomic mass is 10.0. The summed E-state index contributed by atoms with van der Waals surface area (Å²) in [4.78, 5) is 3.73. The quantitative estimate of drug-likeness (QED) is 0.865. The Morgan fingerprint density at radius 2 is 2.00 bits per heavy atom. The average Bonchev–Trinajstić information content (AvgIpc) is 2.36. The molecule has 3 nitrogen and oxygen atoms in total. The molecule has 0 atom stereocenters. The van der Waals surface area contributed by atoms with Gasteiger partial charge in [0.2, 0.25) is 0 Å². The largest absolute Gasteiger partial charge is 0.419 e. The summed E-state index contributed by atoms with van der Waals surface area (Å²) < 4.78 is 42.7. The van der Waals surface area contributed by atoms with Crippen LogP contribution >= 0.6 is 11.6 Å². The number of aromatic nitrogens is 1. The van der Waals surface area contributed by atoms with E-state index in [0.29, 0.717) is 18.3 Å². The van der Waals surface area contributed by atoms with Gasteiger partial charge in [-0.25, -0.2) is 4.98 Å². The first-order chi connectivity index (χ1) is 8.97. The third-order valence-corrected chi connectivity index (χ3v) is 3.35. The van der Waals surface area contributed by atoms with Crippen LogP contribution in [0.5, 0.6) is 0 Å². The number of nitrogens with one attached hydrogen (secondary N) is 1. The number of ether oxygens (including phenoxy) is 1. The van der Waals surface area contributed by atoms with Gasteiger partial charge < -0.3 is 10.1 Å². The molecular formula is C12H14ClF3N2O. The van der Waals surface area contributed by atoms with Crippen LogP contribution in [0.2, 0.25) is 5.15 Å². The standard InChI is InChI=1S/C12H14ClF3N2O/c13-11-9(12(14,15)16)1-2-10(18-11)17-7-8-3-5-19-6-4-8/h1-2,8H,3-7H2,(H,17,18). The minimum absolute atomic E-state index is 0.365. The van der Waals surface area contributed by atoms with E-state index in [1.54, 1.807) is 0 Å². The molecular weight excluding hydrogens is 281 g/mol. The van der Waals surface area contributed by atoms with Crippen molar-refractivity contribution in [2.75, 3.05) is 25.1 Å². The highest BCUT2D eigenvalue weighted by molar-refractivity contribution is 6.30. The number of pyridine rings is 1. The first kappa shape index (κ1) is 14.4. The zero-order chi connectivity index (χ0) is 13.9. The summed E-state index contributed by atoms with van der Waals surface area (Å²) in [5.41, 5.74) is -0.911. The molecule has 2 heterocycles. The summed E-state index contributed by atoms with van der Waals surface area (Å²) in [7, 11) is 0. The Hall–Kier alpha value is -1.01. The van der Waals surface area contributed by atoms with E-state index in [0.717, 1.165) is 32.1 Å². The summed E-state index contributed by atoms with van der Waals surface area (Å²) in [5, 5.41) is 2.49. The van der Waals surface area contributed by atoms with Crippen LogP contribution in [-0.4, -0.2) is 24.7 Å². The van der Waals surface area contributed by atoms with Crippen LogP contribution < -0.4 is 5.32 Å². The third-order valence-electron chi connectivity index (χ3n) is 3.07. The molecule has 0 aromatic carbocycles. The van der Waals surface area contributed by atoms with Crippen LogP contribution in [0.3, 0.4) is 0 Å². The van der Waals surface area contributed by atoms with E-state index in [1.165, 1.54) is 6.07 Å². The molecule has 7 heteroatoms. The van der Waals surface area contributed by atoms with Crippen LogP contribution in [0.15, 0.2) is 12.1 Å². The molecule has 1 N–H and O–H groups in total. The Labute approximate surface area is 114 Å². The van der Waals surface area contributed by atoms with Gasteiger partial charge in [0.05, 0.1) is 5.56 Å². The van der Waals surface area contributed by atoms with Crippen LogP contribution in [0, 0.1) is 5.92 Å². The van der Waals surface area contributed by atoms with Crippen LogP contribution in [0.4, 0.5) is 19.0 Å². The second-order valence-corrected chi connectivity index (χ2v) is 4.83. The fourth-order valence-corrected chi connectivity index (χ4v) is 2.20. The Morgan fingerprint density at radius 3 is 2.58 bits per heavy atom. The molecule has 0 unspecified atom stereocenters. The Morgan fingerprint density at radius 1 is 1.32 bits per heavy atom. The van der Waals surface area contributed by atoms with Crippen molar-refractivity contribution in [1.82, 2.24) is 4.98 Å². The first-order valence-electron chi connectivity index (χ1n) is 6.02. The highest BCUT2D eigenvalue weighted by Gasteiger charge is 2.33. The van der Waals surface area contributed by atoms with Gasteiger partial charge in [0.15, 0.2) is 0 Å². The smallest absolute Gasteiger partial charge is 0.381 e. The Kier molecular flexibility index (Phi) is 4.52. The minimum Gasteiger partial charge on any atom is -0.381 e. The maximum Gasteiger partial charge on any atom is 0.419 e. The molecule has 1 aliphatic rings. The Bertz CT molecular complexity index is 433. The van der Waals surface area contributed by atoms with Crippen molar-refractivity contribution in [3.05, 3.63) is 22.8 Å². The van der Waals surface area contributed by atoms with E-state index >= 15 is 0 Å². The van der Waals surface area contributed by atoms with Crippen molar-refractivity contribution in [1.29, 1.82) is 0 Å². The maximum atomic E-state index is 12.5. The highest BCUT2D eigenvalue weighted by atomic mass is 35.5. The van der Waals surface area contributed by atoms with Gasteiger partial charge in [-0.1, -0.05) is 11.6 Å². The van der Waals surface area contributed by atoms with E-state index in [2.05, 4.69) is 10.3 Å². The van der Waals surface area contributed by atoms with Gasteiger partial charge in [-0.05, 0) is 30.9 Å². The molecule has 0 bridgehead atoms. The molecule has 1 saturated heterocycles. The number of anilines is 1. The van der Waals surface area contributed by atoms with E-state index < -0.39 is 16.9 Å². The van der Waals surface area contributed by atoms with Crippen LogP contribution in [-0.2, 0) is 10.9 Å². The van der Waals surface area contributed by atoms with Crippen molar-refractivity contribution >= 4 is 17.4 Å². The van der Waals surface area contributed by atoms with Gasteiger partial charge in [-0.15, -0.1) is 0 Å². The molecule has 1 aromatic rings. The molecule has 1 aliphatic heterocycles. The summed E-state index contributed by atoms with van der Waals surface area (Å²) in [5.74, 6) is 0.820.